The molecule has 2 aliphatic rings. The second-order valence-corrected chi connectivity index (χ2v) is 9.42. The Balaban J connectivity index is 0.00000101. The van der Waals surface area contributed by atoms with Crippen LogP contribution >= 0.6 is 0 Å². The van der Waals surface area contributed by atoms with E-state index in [2.05, 4.69) is 35.7 Å². The lowest BCUT2D eigenvalue weighted by Gasteiger charge is -2.43. The minimum absolute atomic E-state index is 0.0136. The molecule has 0 unspecified atom stereocenters. The number of piperidine rings is 1. The van der Waals surface area contributed by atoms with Crippen LogP contribution in [0.25, 0.3) is 0 Å². The van der Waals surface area contributed by atoms with E-state index in [-0.39, 0.29) is 29.9 Å². The molecule has 8 heteroatoms. The van der Waals surface area contributed by atoms with Crippen molar-refractivity contribution in [3.63, 3.8) is 0 Å². The van der Waals surface area contributed by atoms with E-state index < -0.39 is 0 Å². The average Bonchev–Trinajstić information content (AvgIpc) is 3.13. The minimum Gasteiger partial charge on any atom is -0.483 e. The number of carbonyl (C=O) groups excluding carboxylic acids is 1. The van der Waals surface area contributed by atoms with Gasteiger partial charge in [-0.2, -0.15) is 5.10 Å². The second kappa shape index (κ2) is 11.5. The molecule has 3 rings (SSSR count). The number of ether oxygens (including phenoxy) is 1. The molecular weight excluding hydrogens is 384 g/mol. The topological polar surface area (TPSA) is 87.9 Å². The molecule has 2 aliphatic heterocycles. The number of rotatable bonds is 5. The summed E-state index contributed by atoms with van der Waals surface area (Å²) in [6, 6.07) is -0.0400. The summed E-state index contributed by atoms with van der Waals surface area (Å²) in [6.07, 6.45) is 9.29. The van der Waals surface area contributed by atoms with Crippen molar-refractivity contribution in [2.75, 3.05) is 32.8 Å². The highest BCUT2D eigenvalue weighted by atomic mass is 16.5. The molecule has 30 heavy (non-hydrogen) atoms. The Hall–Kier alpha value is -1.93. The van der Waals surface area contributed by atoms with Gasteiger partial charge in [-0.05, 0) is 37.8 Å². The fourth-order valence-corrected chi connectivity index (χ4v) is 4.18. The van der Waals surface area contributed by atoms with E-state index in [1.54, 1.807) is 0 Å². The Morgan fingerprint density at radius 1 is 1.27 bits per heavy atom. The summed E-state index contributed by atoms with van der Waals surface area (Å²) in [5.74, 6) is 0.241. The highest BCUT2D eigenvalue weighted by molar-refractivity contribution is 5.77. The maximum atomic E-state index is 13.1. The van der Waals surface area contributed by atoms with Gasteiger partial charge in [-0.25, -0.2) is 0 Å². The molecule has 8 nitrogen and oxygen atoms in total. The van der Waals surface area contributed by atoms with Gasteiger partial charge in [0.05, 0.1) is 24.9 Å². The van der Waals surface area contributed by atoms with E-state index >= 15 is 0 Å². The van der Waals surface area contributed by atoms with Crippen molar-refractivity contribution in [2.24, 2.45) is 12.5 Å². The molecule has 0 aromatic carbocycles. The van der Waals surface area contributed by atoms with Gasteiger partial charge in [0.2, 0.25) is 5.91 Å². The van der Waals surface area contributed by atoms with Crippen molar-refractivity contribution < 1.29 is 19.4 Å². The van der Waals surface area contributed by atoms with E-state index in [9.17, 15) is 4.79 Å². The van der Waals surface area contributed by atoms with Crippen LogP contribution in [0.15, 0.2) is 12.4 Å². The molecule has 1 aromatic rings. The first kappa shape index (κ1) is 24.3. The van der Waals surface area contributed by atoms with E-state index in [0.29, 0.717) is 19.6 Å². The molecule has 1 aromatic heterocycles. The number of amides is 1. The number of carbonyl (C=O) groups is 2. The smallest absolute Gasteiger partial charge is 0.290 e. The van der Waals surface area contributed by atoms with E-state index in [1.165, 1.54) is 19.3 Å². The number of likely N-dealkylation sites (tertiary alicyclic amines) is 1. The first-order valence-electron chi connectivity index (χ1n) is 10.9. The second-order valence-electron chi connectivity index (χ2n) is 9.42. The fraction of sp³-hybridized carbons (Fsp3) is 0.773. The SMILES string of the molecule is Cn1cc([C@H]2[C@H](CN3CCCCC3)OCCN2C(=O)CCC(C)(C)C)cn1.O=CO. The highest BCUT2D eigenvalue weighted by Gasteiger charge is 2.38. The van der Waals surface area contributed by atoms with E-state index in [1.807, 2.05) is 24.1 Å². The molecule has 2 atom stereocenters. The summed E-state index contributed by atoms with van der Waals surface area (Å²) in [4.78, 5) is 26.0. The molecule has 2 saturated heterocycles. The lowest BCUT2D eigenvalue weighted by Crippen LogP contribution is -2.52. The van der Waals surface area contributed by atoms with Crippen LogP contribution in [0.1, 0.15) is 64.5 Å². The molecule has 1 amide bonds. The molecule has 0 radical (unpaired) electrons. The van der Waals surface area contributed by atoms with Gasteiger partial charge in [-0.3, -0.25) is 14.3 Å². The van der Waals surface area contributed by atoms with Crippen LogP contribution in [-0.2, 0) is 21.4 Å². The zero-order valence-corrected chi connectivity index (χ0v) is 18.9. The van der Waals surface area contributed by atoms with Gasteiger partial charge in [-0.15, -0.1) is 0 Å². The summed E-state index contributed by atoms with van der Waals surface area (Å²) >= 11 is 0. The molecule has 170 valence electrons. The Labute approximate surface area is 180 Å². The first-order chi connectivity index (χ1) is 14.2. The standard InChI is InChI=1S/C21H36N4O2.CH2O2/c1-21(2,3)9-8-19(26)25-12-13-27-18(16-24-10-6-5-7-11-24)20(25)17-14-22-23(4)15-17;2-1-3/h14-15,18,20H,5-13,16H2,1-4H3;1H,(H,2,3)/t18-,20-;/m0./s1. The highest BCUT2D eigenvalue weighted by Crippen LogP contribution is 2.32. The molecule has 3 heterocycles. The summed E-state index contributed by atoms with van der Waals surface area (Å²) < 4.78 is 8.03. The summed E-state index contributed by atoms with van der Waals surface area (Å²) in [5, 5.41) is 11.3. The van der Waals surface area contributed by atoms with Crippen molar-refractivity contribution in [2.45, 2.75) is 65.0 Å². The Bertz CT molecular complexity index is 664. The number of nitrogens with zero attached hydrogens (tertiary/aromatic N) is 4. The first-order valence-corrected chi connectivity index (χ1v) is 10.9. The van der Waals surface area contributed by atoms with Gasteiger partial charge in [-0.1, -0.05) is 27.2 Å². The number of aryl methyl sites for hydroxylation is 1. The maximum absolute atomic E-state index is 13.1. The third kappa shape index (κ3) is 7.40. The van der Waals surface area contributed by atoms with Gasteiger partial charge >= 0.3 is 0 Å². The molecule has 0 aliphatic carbocycles. The van der Waals surface area contributed by atoms with Gasteiger partial charge in [0, 0.05) is 38.3 Å². The average molecular weight is 423 g/mol. The van der Waals surface area contributed by atoms with Gasteiger partial charge in [0.15, 0.2) is 0 Å². The van der Waals surface area contributed by atoms with Crippen molar-refractivity contribution in [3.05, 3.63) is 18.0 Å². The third-order valence-corrected chi connectivity index (χ3v) is 5.71. The maximum Gasteiger partial charge on any atom is 0.290 e. The molecule has 0 spiro atoms. The molecule has 0 bridgehead atoms. The van der Waals surface area contributed by atoms with Crippen LogP contribution < -0.4 is 0 Å². The minimum atomic E-state index is -0.250. The number of carboxylic acid groups (broad SMARTS) is 1. The molecule has 2 fully saturated rings. The molecule has 0 saturated carbocycles. The van der Waals surface area contributed by atoms with Crippen LogP contribution in [-0.4, -0.2) is 76.0 Å². The Kier molecular flexibility index (Phi) is 9.30. The predicted molar refractivity (Wildman–Crippen MR) is 115 cm³/mol. The predicted octanol–water partition coefficient (Wildman–Crippen LogP) is 2.70. The van der Waals surface area contributed by atoms with Gasteiger partial charge < -0.3 is 19.6 Å². The normalized spacial score (nSPS) is 22.9. The number of hydrogen-bond acceptors (Lipinski definition) is 5. The molecular formula is C22H38N4O4. The fourth-order valence-electron chi connectivity index (χ4n) is 4.18. The van der Waals surface area contributed by atoms with Crippen molar-refractivity contribution in [3.8, 4) is 0 Å². The van der Waals surface area contributed by atoms with E-state index in [0.717, 1.165) is 31.6 Å². The lowest BCUT2D eigenvalue weighted by molar-refractivity contribution is -0.149. The molecule has 1 N–H and O–H groups in total. The van der Waals surface area contributed by atoms with Crippen LogP contribution in [0.2, 0.25) is 0 Å². The van der Waals surface area contributed by atoms with Crippen molar-refractivity contribution in [1.29, 1.82) is 0 Å². The van der Waals surface area contributed by atoms with Gasteiger partial charge in [0.25, 0.3) is 6.47 Å². The largest absolute Gasteiger partial charge is 0.483 e. The van der Waals surface area contributed by atoms with E-state index in [4.69, 9.17) is 14.6 Å². The van der Waals surface area contributed by atoms with Crippen LogP contribution in [0, 0.1) is 5.41 Å². The van der Waals surface area contributed by atoms with Crippen molar-refractivity contribution >= 4 is 12.4 Å². The summed E-state index contributed by atoms with van der Waals surface area (Å²) in [6.45, 7) is 10.8. The third-order valence-electron chi connectivity index (χ3n) is 5.71. The van der Waals surface area contributed by atoms with Crippen LogP contribution in [0.4, 0.5) is 0 Å². The quantitative estimate of drug-likeness (QED) is 0.734. The zero-order valence-electron chi connectivity index (χ0n) is 18.9. The van der Waals surface area contributed by atoms with Crippen LogP contribution in [0.5, 0.6) is 0 Å². The van der Waals surface area contributed by atoms with Gasteiger partial charge in [0.1, 0.15) is 0 Å². The monoisotopic (exact) mass is 422 g/mol. The summed E-state index contributed by atoms with van der Waals surface area (Å²) in [7, 11) is 1.93. The lowest BCUT2D eigenvalue weighted by atomic mass is 9.90. The number of hydrogen-bond donors (Lipinski definition) is 1. The summed E-state index contributed by atoms with van der Waals surface area (Å²) in [5.41, 5.74) is 1.25. The zero-order chi connectivity index (χ0) is 22.1. The number of morpholine rings is 1. The number of aromatic nitrogens is 2. The Morgan fingerprint density at radius 3 is 2.50 bits per heavy atom. The Morgan fingerprint density at radius 2 is 1.93 bits per heavy atom. The van der Waals surface area contributed by atoms with Crippen LogP contribution in [0.3, 0.4) is 0 Å². The van der Waals surface area contributed by atoms with Crippen molar-refractivity contribution in [1.82, 2.24) is 19.6 Å².